The number of nitrogens with two attached hydrogens (primary N) is 1. The lowest BCUT2D eigenvalue weighted by Gasteiger charge is -2.33. The number of carbonyl (C=O) groups is 1. The predicted molar refractivity (Wildman–Crippen MR) is 82.6 cm³/mol. The lowest BCUT2D eigenvalue weighted by atomic mass is 9.85. The number of benzene rings is 1. The van der Waals surface area contributed by atoms with Crippen molar-refractivity contribution in [3.63, 3.8) is 0 Å². The molecule has 0 spiro atoms. The molecule has 0 unspecified atom stereocenters. The summed E-state index contributed by atoms with van der Waals surface area (Å²) in [6.45, 7) is 2.02. The molecule has 3 nitrogen and oxygen atoms in total. The predicted octanol–water partition coefficient (Wildman–Crippen LogP) is 3.38. The van der Waals surface area contributed by atoms with E-state index >= 15 is 0 Å². The molecule has 0 heterocycles. The third-order valence-electron chi connectivity index (χ3n) is 4.35. The van der Waals surface area contributed by atoms with Crippen molar-refractivity contribution in [3.8, 4) is 0 Å². The van der Waals surface area contributed by atoms with Gasteiger partial charge in [-0.25, -0.2) is 0 Å². The van der Waals surface area contributed by atoms with Gasteiger partial charge in [0, 0.05) is 24.0 Å². The Labute approximate surface area is 126 Å². The van der Waals surface area contributed by atoms with Crippen molar-refractivity contribution >= 4 is 17.5 Å². The quantitative estimate of drug-likeness (QED) is 0.929. The first kappa shape index (κ1) is 15.3. The van der Waals surface area contributed by atoms with E-state index < -0.39 is 0 Å². The number of nitrogens with zero attached hydrogens (tertiary/aromatic N) is 1. The fourth-order valence-electron chi connectivity index (χ4n) is 2.95. The van der Waals surface area contributed by atoms with Gasteiger partial charge in [0.1, 0.15) is 0 Å². The molecule has 3 atom stereocenters. The van der Waals surface area contributed by atoms with E-state index in [0.717, 1.165) is 31.2 Å². The highest BCUT2D eigenvalue weighted by Crippen LogP contribution is 2.30. The molecule has 20 heavy (non-hydrogen) atoms. The number of amides is 1. The fourth-order valence-corrected chi connectivity index (χ4v) is 3.25. The zero-order valence-corrected chi connectivity index (χ0v) is 12.9. The van der Waals surface area contributed by atoms with E-state index in [1.54, 1.807) is 0 Å². The van der Waals surface area contributed by atoms with Gasteiger partial charge in [0.05, 0.1) is 6.04 Å². The third kappa shape index (κ3) is 3.33. The Morgan fingerprint density at radius 1 is 1.40 bits per heavy atom. The van der Waals surface area contributed by atoms with Crippen molar-refractivity contribution < 1.29 is 4.79 Å². The van der Waals surface area contributed by atoms with Crippen molar-refractivity contribution in [3.05, 3.63) is 34.9 Å². The van der Waals surface area contributed by atoms with Crippen LogP contribution in [0.3, 0.4) is 0 Å². The molecule has 0 saturated heterocycles. The maximum Gasteiger partial charge on any atom is 0.225 e. The molecule has 1 aliphatic carbocycles. The first-order chi connectivity index (χ1) is 9.50. The second kappa shape index (κ2) is 6.59. The van der Waals surface area contributed by atoms with Crippen LogP contribution in [-0.2, 0) is 4.79 Å². The van der Waals surface area contributed by atoms with Gasteiger partial charge in [-0.2, -0.15) is 0 Å². The van der Waals surface area contributed by atoms with Crippen LogP contribution in [0.5, 0.6) is 0 Å². The van der Waals surface area contributed by atoms with E-state index in [0.29, 0.717) is 5.02 Å². The summed E-state index contributed by atoms with van der Waals surface area (Å²) in [5.74, 6) is 0.251. The Kier molecular flexibility index (Phi) is 5.06. The van der Waals surface area contributed by atoms with Crippen LogP contribution in [0.15, 0.2) is 24.3 Å². The number of halogens is 1. The summed E-state index contributed by atoms with van der Waals surface area (Å²) in [4.78, 5) is 14.4. The van der Waals surface area contributed by atoms with Gasteiger partial charge in [0.15, 0.2) is 0 Å². The summed E-state index contributed by atoms with van der Waals surface area (Å²) in [6.07, 6.45) is 3.84. The van der Waals surface area contributed by atoms with E-state index in [-0.39, 0.29) is 23.9 Å². The monoisotopic (exact) mass is 294 g/mol. The SMILES string of the molecule is C[C@H](c1ccccc1Cl)N(C)C(=O)[C@@H]1CCC[C@H](N)C1. The largest absolute Gasteiger partial charge is 0.339 e. The zero-order valence-electron chi connectivity index (χ0n) is 12.2. The van der Waals surface area contributed by atoms with Crippen molar-refractivity contribution in [2.24, 2.45) is 11.7 Å². The molecule has 1 aliphatic rings. The number of hydrogen-bond acceptors (Lipinski definition) is 2. The molecule has 0 radical (unpaired) electrons. The van der Waals surface area contributed by atoms with E-state index in [1.807, 2.05) is 43.1 Å². The Morgan fingerprint density at radius 2 is 2.10 bits per heavy atom. The molecule has 1 aromatic carbocycles. The smallest absolute Gasteiger partial charge is 0.225 e. The van der Waals surface area contributed by atoms with Crippen molar-refractivity contribution in [1.82, 2.24) is 4.90 Å². The molecule has 2 N–H and O–H groups in total. The van der Waals surface area contributed by atoms with Gasteiger partial charge >= 0.3 is 0 Å². The van der Waals surface area contributed by atoms with Crippen molar-refractivity contribution in [2.45, 2.75) is 44.7 Å². The summed E-state index contributed by atoms with van der Waals surface area (Å²) >= 11 is 6.22. The van der Waals surface area contributed by atoms with Crippen LogP contribution in [0, 0.1) is 5.92 Å². The molecule has 4 heteroatoms. The first-order valence-corrected chi connectivity index (χ1v) is 7.65. The van der Waals surface area contributed by atoms with Crippen molar-refractivity contribution in [1.29, 1.82) is 0 Å². The number of hydrogen-bond donors (Lipinski definition) is 1. The van der Waals surface area contributed by atoms with Crippen LogP contribution in [0.25, 0.3) is 0 Å². The Morgan fingerprint density at radius 3 is 2.75 bits per heavy atom. The lowest BCUT2D eigenvalue weighted by molar-refractivity contribution is -0.137. The molecule has 110 valence electrons. The van der Waals surface area contributed by atoms with Crippen LogP contribution in [0.4, 0.5) is 0 Å². The van der Waals surface area contributed by atoms with Gasteiger partial charge in [0.25, 0.3) is 0 Å². The second-order valence-corrected chi connectivity index (χ2v) is 6.18. The molecule has 0 aromatic heterocycles. The van der Waals surface area contributed by atoms with Gasteiger partial charge in [-0.3, -0.25) is 4.79 Å². The topological polar surface area (TPSA) is 46.3 Å². The molecular weight excluding hydrogens is 272 g/mol. The van der Waals surface area contributed by atoms with Gasteiger partial charge in [-0.15, -0.1) is 0 Å². The highest BCUT2D eigenvalue weighted by Gasteiger charge is 2.30. The van der Waals surface area contributed by atoms with Gasteiger partial charge in [-0.05, 0) is 37.8 Å². The highest BCUT2D eigenvalue weighted by atomic mass is 35.5. The molecule has 0 bridgehead atoms. The minimum Gasteiger partial charge on any atom is -0.339 e. The number of rotatable bonds is 3. The summed E-state index contributed by atoms with van der Waals surface area (Å²) in [5, 5.41) is 0.708. The van der Waals surface area contributed by atoms with Crippen molar-refractivity contribution in [2.75, 3.05) is 7.05 Å². The molecule has 1 saturated carbocycles. The fraction of sp³-hybridized carbons (Fsp3) is 0.562. The van der Waals surface area contributed by atoms with Gasteiger partial charge in [-0.1, -0.05) is 36.2 Å². The molecular formula is C16H23ClN2O. The summed E-state index contributed by atoms with van der Waals surface area (Å²) in [5.41, 5.74) is 6.97. The lowest BCUT2D eigenvalue weighted by Crippen LogP contribution is -2.39. The average molecular weight is 295 g/mol. The molecule has 1 fully saturated rings. The van der Waals surface area contributed by atoms with E-state index in [2.05, 4.69) is 0 Å². The maximum absolute atomic E-state index is 12.6. The molecule has 0 aliphatic heterocycles. The third-order valence-corrected chi connectivity index (χ3v) is 4.69. The Hall–Kier alpha value is -1.06. The average Bonchev–Trinajstić information content (AvgIpc) is 2.45. The standard InChI is InChI=1S/C16H23ClN2O/c1-11(14-8-3-4-9-15(14)17)19(2)16(20)12-6-5-7-13(18)10-12/h3-4,8-9,11-13H,5-7,10,18H2,1-2H3/t11-,12-,13+/m1/s1. The van der Waals surface area contributed by atoms with Gasteiger partial charge < -0.3 is 10.6 Å². The van der Waals surface area contributed by atoms with E-state index in [9.17, 15) is 4.79 Å². The number of carbonyl (C=O) groups excluding carboxylic acids is 1. The highest BCUT2D eigenvalue weighted by molar-refractivity contribution is 6.31. The minimum atomic E-state index is -0.0191. The van der Waals surface area contributed by atoms with Gasteiger partial charge in [0.2, 0.25) is 5.91 Å². The summed E-state index contributed by atoms with van der Waals surface area (Å²) in [6, 6.07) is 7.84. The van der Waals surface area contributed by atoms with Crippen LogP contribution >= 0.6 is 11.6 Å². The molecule has 2 rings (SSSR count). The maximum atomic E-state index is 12.6. The zero-order chi connectivity index (χ0) is 14.7. The summed E-state index contributed by atoms with van der Waals surface area (Å²) < 4.78 is 0. The van der Waals surface area contributed by atoms with E-state index in [4.69, 9.17) is 17.3 Å². The Balaban J connectivity index is 2.08. The van der Waals surface area contributed by atoms with Crippen LogP contribution in [-0.4, -0.2) is 23.9 Å². The summed E-state index contributed by atoms with van der Waals surface area (Å²) in [7, 11) is 1.86. The van der Waals surface area contributed by atoms with E-state index in [1.165, 1.54) is 0 Å². The van der Waals surface area contributed by atoms with Crippen LogP contribution in [0.2, 0.25) is 5.02 Å². The minimum absolute atomic E-state index is 0.0191. The molecule has 1 amide bonds. The second-order valence-electron chi connectivity index (χ2n) is 5.77. The van der Waals surface area contributed by atoms with Crippen LogP contribution in [0.1, 0.15) is 44.2 Å². The molecule has 1 aromatic rings. The normalized spacial score (nSPS) is 24.2. The first-order valence-electron chi connectivity index (χ1n) is 7.27. The van der Waals surface area contributed by atoms with Crippen LogP contribution < -0.4 is 5.73 Å². The Bertz CT molecular complexity index is 477.